The maximum Gasteiger partial charge on any atom is 0.301 e. The van der Waals surface area contributed by atoms with Gasteiger partial charge in [-0.2, -0.15) is 0 Å². The Morgan fingerprint density at radius 3 is 2.54 bits per heavy atom. The number of hydrogen-bond acceptors (Lipinski definition) is 6. The second kappa shape index (κ2) is 9.35. The van der Waals surface area contributed by atoms with Crippen LogP contribution >= 0.6 is 11.3 Å². The van der Waals surface area contributed by atoms with Crippen LogP contribution in [-0.2, 0) is 16.0 Å². The zero-order valence-electron chi connectivity index (χ0n) is 22.6. The summed E-state index contributed by atoms with van der Waals surface area (Å²) < 4.78 is 6.76. The lowest BCUT2D eigenvalue weighted by atomic mass is 9.93. The summed E-state index contributed by atoms with van der Waals surface area (Å²) in [6.45, 7) is 10.2. The topological polar surface area (TPSA) is 79.7 Å². The van der Waals surface area contributed by atoms with Crippen LogP contribution < -0.4 is 9.64 Å². The highest BCUT2D eigenvalue weighted by Gasteiger charge is 2.48. The van der Waals surface area contributed by atoms with E-state index in [4.69, 9.17) is 9.72 Å². The number of carbonyl (C=O) groups is 2. The van der Waals surface area contributed by atoms with Gasteiger partial charge in [-0.3, -0.25) is 14.5 Å². The van der Waals surface area contributed by atoms with E-state index in [1.165, 1.54) is 16.2 Å². The van der Waals surface area contributed by atoms with E-state index in [1.807, 2.05) is 63.2 Å². The lowest BCUT2D eigenvalue weighted by Gasteiger charge is -2.23. The number of aromatic nitrogens is 1. The smallest absolute Gasteiger partial charge is 0.301 e. The molecule has 7 heteroatoms. The molecule has 0 unspecified atom stereocenters. The summed E-state index contributed by atoms with van der Waals surface area (Å²) in [4.78, 5) is 33.5. The number of amides is 1. The predicted octanol–water partition coefficient (Wildman–Crippen LogP) is 6.99. The molecule has 198 valence electrons. The van der Waals surface area contributed by atoms with Crippen molar-refractivity contribution in [2.75, 3.05) is 4.90 Å². The molecule has 2 atom stereocenters. The van der Waals surface area contributed by atoms with Gasteiger partial charge in [-0.1, -0.05) is 55.5 Å². The van der Waals surface area contributed by atoms with Crippen molar-refractivity contribution < 1.29 is 19.4 Å². The number of ketones is 1. The summed E-state index contributed by atoms with van der Waals surface area (Å²) in [5.74, 6) is -0.495. The van der Waals surface area contributed by atoms with E-state index in [-0.39, 0.29) is 17.4 Å². The number of aliphatic hydroxyl groups excluding tert-OH is 1. The van der Waals surface area contributed by atoms with E-state index in [2.05, 4.69) is 19.9 Å². The van der Waals surface area contributed by atoms with Crippen LogP contribution in [0.4, 0.5) is 5.13 Å². The molecular formula is C32H30N2O4S. The Balaban J connectivity index is 1.54. The van der Waals surface area contributed by atoms with Gasteiger partial charge in [0.2, 0.25) is 0 Å². The Labute approximate surface area is 231 Å². The van der Waals surface area contributed by atoms with Gasteiger partial charge in [0.05, 0.1) is 21.8 Å². The maximum absolute atomic E-state index is 13.6. The molecule has 0 saturated carbocycles. The second-order valence-electron chi connectivity index (χ2n) is 10.9. The summed E-state index contributed by atoms with van der Waals surface area (Å²) in [6, 6.07) is 16.6. The minimum absolute atomic E-state index is 0.0496. The van der Waals surface area contributed by atoms with Gasteiger partial charge in [-0.25, -0.2) is 4.98 Å². The number of Topliss-reactive ketones (excluding diaryl/α,β-unsaturated/α-hetero) is 1. The van der Waals surface area contributed by atoms with Gasteiger partial charge >= 0.3 is 5.91 Å². The molecule has 1 N–H and O–H groups in total. The van der Waals surface area contributed by atoms with Gasteiger partial charge in [0.25, 0.3) is 5.78 Å². The summed E-state index contributed by atoms with van der Waals surface area (Å²) in [5, 5.41) is 12.0. The Bertz CT molecular complexity index is 1680. The Morgan fingerprint density at radius 1 is 1.08 bits per heavy atom. The number of anilines is 1. The number of rotatable bonds is 4. The number of aryl methyl sites for hydroxylation is 2. The molecular weight excluding hydrogens is 508 g/mol. The van der Waals surface area contributed by atoms with Gasteiger partial charge in [-0.05, 0) is 78.8 Å². The normalized spacial score (nSPS) is 20.2. The van der Waals surface area contributed by atoms with E-state index in [0.717, 1.165) is 50.2 Å². The van der Waals surface area contributed by atoms with Crippen LogP contribution in [0.2, 0.25) is 0 Å². The third kappa shape index (κ3) is 4.21. The number of carbonyl (C=O) groups excluding carboxylic acids is 2. The van der Waals surface area contributed by atoms with E-state index in [9.17, 15) is 14.7 Å². The van der Waals surface area contributed by atoms with E-state index in [0.29, 0.717) is 16.6 Å². The standard InChI is InChI=1S/C32H30N2O4S/c1-16(2)20-6-8-21(9-7-20)28-26(29(35)22-10-11-24-23(15-22)14-19(5)38-24)30(36)31(37)34(28)32-33-27-18(4)12-17(3)13-25(27)39-32/h6-13,15-16,19,28,35H,14H2,1-5H3/t19-,28+/m1/s1. The molecule has 0 radical (unpaired) electrons. The van der Waals surface area contributed by atoms with Crippen LogP contribution in [0.1, 0.15) is 66.1 Å². The average Bonchev–Trinajstić information content (AvgIpc) is 3.56. The molecule has 0 spiro atoms. The molecule has 4 aromatic rings. The number of ether oxygens (including phenoxy) is 1. The number of benzene rings is 3. The molecule has 0 bridgehead atoms. The fourth-order valence-corrected chi connectivity index (χ4v) is 6.76. The van der Waals surface area contributed by atoms with Crippen LogP contribution in [-0.4, -0.2) is 27.9 Å². The molecule has 1 amide bonds. The molecule has 1 saturated heterocycles. The molecule has 0 aliphatic carbocycles. The molecule has 39 heavy (non-hydrogen) atoms. The fraction of sp³-hybridized carbons (Fsp3) is 0.281. The minimum atomic E-state index is -0.809. The van der Waals surface area contributed by atoms with Crippen molar-refractivity contribution in [1.29, 1.82) is 0 Å². The summed E-state index contributed by atoms with van der Waals surface area (Å²) in [7, 11) is 0. The summed E-state index contributed by atoms with van der Waals surface area (Å²) in [6.07, 6.45) is 0.767. The number of fused-ring (bicyclic) bond motifs is 2. The SMILES string of the molecule is Cc1cc(C)c2nc(N3C(=O)C(=O)C(=C(O)c4ccc5c(c4)C[C@@H](C)O5)[C@@H]3c3ccc(C(C)C)cc3)sc2c1. The fourth-order valence-electron chi connectivity index (χ4n) is 5.60. The lowest BCUT2D eigenvalue weighted by molar-refractivity contribution is -0.132. The quantitative estimate of drug-likeness (QED) is 0.172. The highest BCUT2D eigenvalue weighted by molar-refractivity contribution is 7.22. The average molecular weight is 539 g/mol. The highest BCUT2D eigenvalue weighted by Crippen LogP contribution is 2.45. The zero-order chi connectivity index (χ0) is 27.6. The number of nitrogens with zero attached hydrogens (tertiary/aromatic N) is 2. The molecule has 2 aliphatic rings. The zero-order valence-corrected chi connectivity index (χ0v) is 23.4. The predicted molar refractivity (Wildman–Crippen MR) is 155 cm³/mol. The molecule has 1 fully saturated rings. The van der Waals surface area contributed by atoms with Crippen LogP contribution in [0, 0.1) is 13.8 Å². The molecule has 3 aromatic carbocycles. The van der Waals surface area contributed by atoms with Crippen molar-refractivity contribution in [1.82, 2.24) is 4.98 Å². The third-order valence-corrected chi connectivity index (χ3v) is 8.56. The molecule has 3 heterocycles. The number of aliphatic hydroxyl groups is 1. The van der Waals surface area contributed by atoms with Crippen molar-refractivity contribution in [2.24, 2.45) is 0 Å². The van der Waals surface area contributed by atoms with Crippen LogP contribution in [0.25, 0.3) is 16.0 Å². The van der Waals surface area contributed by atoms with Gasteiger partial charge in [0.15, 0.2) is 5.13 Å². The van der Waals surface area contributed by atoms with Gasteiger partial charge in [-0.15, -0.1) is 0 Å². The summed E-state index contributed by atoms with van der Waals surface area (Å²) >= 11 is 1.38. The third-order valence-electron chi connectivity index (χ3n) is 7.56. The van der Waals surface area contributed by atoms with Crippen molar-refractivity contribution in [3.63, 3.8) is 0 Å². The molecule has 6 rings (SSSR count). The first-order chi connectivity index (χ1) is 18.6. The minimum Gasteiger partial charge on any atom is -0.507 e. The van der Waals surface area contributed by atoms with Crippen molar-refractivity contribution in [3.8, 4) is 5.75 Å². The Kier molecular flexibility index (Phi) is 6.07. The Morgan fingerprint density at radius 2 is 1.82 bits per heavy atom. The monoisotopic (exact) mass is 538 g/mol. The second-order valence-corrected chi connectivity index (χ2v) is 11.9. The largest absolute Gasteiger partial charge is 0.507 e. The van der Waals surface area contributed by atoms with E-state index >= 15 is 0 Å². The number of thiazole rings is 1. The van der Waals surface area contributed by atoms with Crippen LogP contribution in [0.3, 0.4) is 0 Å². The Hall–Kier alpha value is -3.97. The van der Waals surface area contributed by atoms with Crippen molar-refractivity contribution >= 4 is 44.1 Å². The maximum atomic E-state index is 13.6. The number of hydrogen-bond donors (Lipinski definition) is 1. The lowest BCUT2D eigenvalue weighted by Crippen LogP contribution is -2.29. The van der Waals surface area contributed by atoms with Gasteiger partial charge in [0, 0.05) is 12.0 Å². The molecule has 2 aliphatic heterocycles. The molecule has 1 aromatic heterocycles. The van der Waals surface area contributed by atoms with Crippen molar-refractivity contribution in [2.45, 2.75) is 59.1 Å². The van der Waals surface area contributed by atoms with E-state index in [1.54, 1.807) is 6.07 Å². The van der Waals surface area contributed by atoms with Gasteiger partial charge in [0.1, 0.15) is 17.6 Å². The van der Waals surface area contributed by atoms with Crippen molar-refractivity contribution in [3.05, 3.63) is 93.6 Å². The molecule has 6 nitrogen and oxygen atoms in total. The van der Waals surface area contributed by atoms with Crippen LogP contribution in [0.15, 0.2) is 60.2 Å². The van der Waals surface area contributed by atoms with Crippen LogP contribution in [0.5, 0.6) is 5.75 Å². The summed E-state index contributed by atoms with van der Waals surface area (Å²) in [5.41, 5.74) is 6.34. The van der Waals surface area contributed by atoms with E-state index < -0.39 is 17.7 Å². The van der Waals surface area contributed by atoms with Gasteiger partial charge < -0.3 is 9.84 Å². The first-order valence-electron chi connectivity index (χ1n) is 13.2. The first kappa shape index (κ1) is 25.3. The highest BCUT2D eigenvalue weighted by atomic mass is 32.1. The first-order valence-corrected chi connectivity index (χ1v) is 14.0.